The first-order valence-corrected chi connectivity index (χ1v) is 7.29. The fourth-order valence-electron chi connectivity index (χ4n) is 2.80. The number of phenolic OH excluding ortho intramolecular Hbond substituents is 1. The van der Waals surface area contributed by atoms with Crippen molar-refractivity contribution in [1.29, 1.82) is 0 Å². The lowest BCUT2D eigenvalue weighted by molar-refractivity contribution is 0.456. The molecule has 4 nitrogen and oxygen atoms in total. The predicted molar refractivity (Wildman–Crippen MR) is 83.7 cm³/mol. The lowest BCUT2D eigenvalue weighted by atomic mass is 9.92. The van der Waals surface area contributed by atoms with E-state index in [1.807, 2.05) is 36.4 Å². The van der Waals surface area contributed by atoms with Crippen molar-refractivity contribution in [2.75, 3.05) is 19.6 Å². The minimum absolute atomic E-state index is 0.116. The Balaban J connectivity index is 2.10. The number of hydrogen-bond donors (Lipinski definition) is 1. The summed E-state index contributed by atoms with van der Waals surface area (Å²) in [5.74, 6) is 1.17. The summed E-state index contributed by atoms with van der Waals surface area (Å²) in [5, 5.41) is 10.3. The van der Waals surface area contributed by atoms with Gasteiger partial charge in [0.2, 0.25) is 0 Å². The third-order valence-corrected chi connectivity index (χ3v) is 3.84. The van der Waals surface area contributed by atoms with Crippen LogP contribution in [0.3, 0.4) is 0 Å². The van der Waals surface area contributed by atoms with E-state index in [1.54, 1.807) is 12.3 Å². The maximum absolute atomic E-state index is 10.3. The summed E-state index contributed by atoms with van der Waals surface area (Å²) >= 11 is 0. The summed E-state index contributed by atoms with van der Waals surface area (Å²) in [6.45, 7) is 4.78. The Morgan fingerprint density at radius 1 is 1.19 bits per heavy atom. The number of likely N-dealkylation sites (N-methyl/N-ethyl adjacent to an activating group) is 1. The van der Waals surface area contributed by atoms with Crippen molar-refractivity contribution in [2.24, 2.45) is 4.99 Å². The maximum Gasteiger partial charge on any atom is 0.119 e. The van der Waals surface area contributed by atoms with Gasteiger partial charge >= 0.3 is 0 Å². The van der Waals surface area contributed by atoms with Crippen LogP contribution in [0.1, 0.15) is 24.1 Å². The number of hydrogen-bond acceptors (Lipinski definition) is 4. The zero-order chi connectivity index (χ0) is 14.7. The third-order valence-electron chi connectivity index (χ3n) is 3.84. The highest BCUT2D eigenvalue weighted by atomic mass is 16.3. The van der Waals surface area contributed by atoms with Crippen LogP contribution >= 0.6 is 0 Å². The van der Waals surface area contributed by atoms with Crippen LogP contribution in [-0.2, 0) is 0 Å². The molecular formula is C17H19N3O. The fourth-order valence-corrected chi connectivity index (χ4v) is 2.80. The van der Waals surface area contributed by atoms with E-state index in [4.69, 9.17) is 0 Å². The Morgan fingerprint density at radius 2 is 2.00 bits per heavy atom. The van der Waals surface area contributed by atoms with Crippen molar-refractivity contribution >= 4 is 5.84 Å². The van der Waals surface area contributed by atoms with E-state index in [1.165, 1.54) is 0 Å². The fraction of sp³-hybridized carbons (Fsp3) is 0.294. The lowest BCUT2D eigenvalue weighted by Crippen LogP contribution is -2.32. The van der Waals surface area contributed by atoms with Crippen LogP contribution in [0.5, 0.6) is 5.75 Å². The van der Waals surface area contributed by atoms with Crippen LogP contribution < -0.4 is 0 Å². The van der Waals surface area contributed by atoms with Crippen molar-refractivity contribution in [3.8, 4) is 5.75 Å². The van der Waals surface area contributed by atoms with Crippen molar-refractivity contribution in [3.63, 3.8) is 0 Å². The molecule has 1 aromatic heterocycles. The molecule has 2 heterocycles. The van der Waals surface area contributed by atoms with Crippen molar-refractivity contribution < 1.29 is 5.11 Å². The minimum atomic E-state index is -0.116. The number of rotatable bonds is 4. The van der Waals surface area contributed by atoms with E-state index < -0.39 is 0 Å². The number of aromatic hydroxyl groups is 1. The molecule has 108 valence electrons. The molecule has 21 heavy (non-hydrogen) atoms. The Bertz CT molecular complexity index is 639. The van der Waals surface area contributed by atoms with Gasteiger partial charge in [-0.3, -0.25) is 9.98 Å². The molecule has 1 aliphatic heterocycles. The van der Waals surface area contributed by atoms with Gasteiger partial charge in [-0.05, 0) is 25.1 Å². The second-order valence-electron chi connectivity index (χ2n) is 5.07. The molecule has 0 saturated carbocycles. The van der Waals surface area contributed by atoms with Crippen molar-refractivity contribution in [3.05, 3.63) is 59.9 Å². The summed E-state index contributed by atoms with van der Waals surface area (Å²) in [6.07, 6.45) is 1.79. The van der Waals surface area contributed by atoms with Crippen LogP contribution in [0, 0.1) is 0 Å². The van der Waals surface area contributed by atoms with E-state index in [0.29, 0.717) is 5.75 Å². The van der Waals surface area contributed by atoms with E-state index in [-0.39, 0.29) is 5.92 Å². The van der Waals surface area contributed by atoms with Crippen LogP contribution in [0.2, 0.25) is 0 Å². The topological polar surface area (TPSA) is 48.7 Å². The van der Waals surface area contributed by atoms with E-state index in [2.05, 4.69) is 21.8 Å². The Hall–Kier alpha value is -2.36. The summed E-state index contributed by atoms with van der Waals surface area (Å²) < 4.78 is 0. The molecule has 0 radical (unpaired) electrons. The molecule has 2 aromatic rings. The smallest absolute Gasteiger partial charge is 0.119 e. The molecule has 1 aromatic carbocycles. The molecule has 1 atom stereocenters. The highest BCUT2D eigenvalue weighted by Crippen LogP contribution is 2.33. The van der Waals surface area contributed by atoms with Gasteiger partial charge in [0.05, 0.1) is 18.2 Å². The summed E-state index contributed by atoms with van der Waals surface area (Å²) in [7, 11) is 0. The maximum atomic E-state index is 10.3. The SMILES string of the molecule is CCN1CCN=C1C(c1ccccn1)c1ccccc1O. The number of nitrogens with zero attached hydrogens (tertiary/aromatic N) is 3. The Labute approximate surface area is 124 Å². The first kappa shape index (κ1) is 13.6. The standard InChI is InChI=1S/C17H19N3O/c1-2-20-12-11-19-17(20)16(14-8-5-6-10-18-14)13-7-3-4-9-15(13)21/h3-10,16,21H,2,11-12H2,1H3. The lowest BCUT2D eigenvalue weighted by Gasteiger charge is -2.26. The van der Waals surface area contributed by atoms with Gasteiger partial charge in [-0.15, -0.1) is 0 Å². The second-order valence-corrected chi connectivity index (χ2v) is 5.07. The first-order chi connectivity index (χ1) is 10.3. The molecule has 1 aliphatic rings. The van der Waals surface area contributed by atoms with E-state index in [9.17, 15) is 5.11 Å². The van der Waals surface area contributed by atoms with Crippen LogP contribution in [0.4, 0.5) is 0 Å². The average molecular weight is 281 g/mol. The molecule has 0 spiro atoms. The number of phenols is 1. The number of aliphatic imine (C=N–C) groups is 1. The van der Waals surface area contributed by atoms with Gasteiger partial charge in [0.15, 0.2) is 0 Å². The van der Waals surface area contributed by atoms with Gasteiger partial charge in [0.25, 0.3) is 0 Å². The van der Waals surface area contributed by atoms with Crippen LogP contribution in [0.25, 0.3) is 0 Å². The number of pyridine rings is 1. The molecule has 0 amide bonds. The van der Waals surface area contributed by atoms with Crippen molar-refractivity contribution in [1.82, 2.24) is 9.88 Å². The minimum Gasteiger partial charge on any atom is -0.508 e. The molecule has 0 aliphatic carbocycles. The van der Waals surface area contributed by atoms with Crippen LogP contribution in [0.15, 0.2) is 53.7 Å². The van der Waals surface area contributed by atoms with Crippen LogP contribution in [-0.4, -0.2) is 40.5 Å². The van der Waals surface area contributed by atoms with Gasteiger partial charge in [0.1, 0.15) is 11.6 Å². The van der Waals surface area contributed by atoms with E-state index in [0.717, 1.165) is 36.7 Å². The molecule has 1 unspecified atom stereocenters. The number of aromatic nitrogens is 1. The zero-order valence-corrected chi connectivity index (χ0v) is 12.1. The molecule has 0 saturated heterocycles. The van der Waals surface area contributed by atoms with Gasteiger partial charge in [-0.2, -0.15) is 0 Å². The molecule has 0 fully saturated rings. The van der Waals surface area contributed by atoms with Crippen molar-refractivity contribution in [2.45, 2.75) is 12.8 Å². The summed E-state index contributed by atoms with van der Waals surface area (Å²) in [6, 6.07) is 13.3. The van der Waals surface area contributed by atoms with Gasteiger partial charge in [-0.1, -0.05) is 24.3 Å². The quantitative estimate of drug-likeness (QED) is 0.937. The van der Waals surface area contributed by atoms with Gasteiger partial charge in [-0.25, -0.2) is 0 Å². The first-order valence-electron chi connectivity index (χ1n) is 7.29. The largest absolute Gasteiger partial charge is 0.508 e. The average Bonchev–Trinajstić information content (AvgIpc) is 2.99. The highest BCUT2D eigenvalue weighted by Gasteiger charge is 2.29. The number of amidine groups is 1. The molecular weight excluding hydrogens is 262 g/mol. The zero-order valence-electron chi connectivity index (χ0n) is 12.1. The second kappa shape index (κ2) is 5.95. The normalized spacial score (nSPS) is 15.9. The third kappa shape index (κ3) is 2.61. The number of benzene rings is 1. The monoisotopic (exact) mass is 281 g/mol. The molecule has 3 rings (SSSR count). The van der Waals surface area contributed by atoms with Gasteiger partial charge < -0.3 is 10.0 Å². The van der Waals surface area contributed by atoms with Gasteiger partial charge in [0, 0.05) is 24.8 Å². The molecule has 1 N–H and O–H groups in total. The molecule has 4 heteroatoms. The predicted octanol–water partition coefficient (Wildman–Crippen LogP) is 2.65. The Kier molecular flexibility index (Phi) is 3.86. The van der Waals surface area contributed by atoms with E-state index >= 15 is 0 Å². The Morgan fingerprint density at radius 3 is 2.71 bits per heavy atom. The highest BCUT2D eigenvalue weighted by molar-refractivity contribution is 5.93. The molecule has 0 bridgehead atoms. The summed E-state index contributed by atoms with van der Waals surface area (Å²) in [5.41, 5.74) is 1.77. The number of para-hydroxylation sites is 1. The summed E-state index contributed by atoms with van der Waals surface area (Å²) in [4.78, 5) is 11.4.